The number of hydrogen-bond acceptors (Lipinski definition) is 3. The van der Waals surface area contributed by atoms with E-state index in [1.54, 1.807) is 0 Å². The van der Waals surface area contributed by atoms with E-state index in [0.29, 0.717) is 0 Å². The largest absolute Gasteiger partial charge is 0.460 e. The standard InChI is InChI=1S/C8H4F16O7P2/c9-1(10,3(13,14)5(17,18)7(21,22)23)2(11,12)4(15,16)6(19,20)8(31-24,32(25,26)27)33(28,29)30/h(H2,25,26,27)(H2,28,29,30). The SMILES string of the molecule is O=P(O)(O)C(OF)(C(F)(F)C(F)(F)C(F)(F)C(F)(F)C(F)(F)C(F)(F)C(F)(F)F)P(=O)(O)O. The van der Waals surface area contributed by atoms with Crippen molar-refractivity contribution in [3.63, 3.8) is 0 Å². The number of alkyl halides is 15. The molecular weight excluding hydrogens is 574 g/mol. The summed E-state index contributed by atoms with van der Waals surface area (Å²) in [5.41, 5.74) is 0. The first kappa shape index (κ1) is 32.1. The van der Waals surface area contributed by atoms with Crippen molar-refractivity contribution in [3.8, 4) is 0 Å². The van der Waals surface area contributed by atoms with Crippen LogP contribution in [0.5, 0.6) is 0 Å². The molecule has 0 radical (unpaired) electrons. The summed E-state index contributed by atoms with van der Waals surface area (Å²) < 4.78 is 230. The molecule has 0 saturated heterocycles. The van der Waals surface area contributed by atoms with Gasteiger partial charge in [0.05, 0.1) is 0 Å². The summed E-state index contributed by atoms with van der Waals surface area (Å²) in [5, 5.41) is -7.22. The summed E-state index contributed by atoms with van der Waals surface area (Å²) in [7, 11) is -16.3. The lowest BCUT2D eigenvalue weighted by atomic mass is 9.91. The highest BCUT2D eigenvalue weighted by Gasteiger charge is 2.98. The van der Waals surface area contributed by atoms with Crippen molar-refractivity contribution in [2.75, 3.05) is 0 Å². The van der Waals surface area contributed by atoms with Gasteiger partial charge in [0.2, 0.25) is 0 Å². The van der Waals surface area contributed by atoms with Crippen molar-refractivity contribution in [1.82, 2.24) is 0 Å². The molecule has 0 aromatic heterocycles. The van der Waals surface area contributed by atoms with Crippen LogP contribution >= 0.6 is 15.2 Å². The maximum atomic E-state index is 13.9. The second-order valence-corrected chi connectivity index (χ2v) is 9.51. The molecule has 0 aromatic rings. The van der Waals surface area contributed by atoms with Crippen LogP contribution < -0.4 is 0 Å². The molecule has 0 saturated carbocycles. The average molecular weight is 578 g/mol. The van der Waals surface area contributed by atoms with Crippen LogP contribution in [-0.4, -0.2) is 66.4 Å². The van der Waals surface area contributed by atoms with E-state index >= 15 is 0 Å². The topological polar surface area (TPSA) is 124 Å². The lowest BCUT2D eigenvalue weighted by molar-refractivity contribution is -0.458. The fourth-order valence-corrected chi connectivity index (χ4v) is 4.39. The lowest BCUT2D eigenvalue weighted by Crippen LogP contribution is -2.75. The molecule has 0 bridgehead atoms. The minimum Gasteiger partial charge on any atom is -0.322 e. The van der Waals surface area contributed by atoms with Gasteiger partial charge in [0.25, 0.3) is 0 Å². The molecule has 0 aromatic carbocycles. The molecule has 0 unspecified atom stereocenters. The quantitative estimate of drug-likeness (QED) is 0.238. The molecule has 33 heavy (non-hydrogen) atoms. The first-order valence-corrected chi connectivity index (χ1v) is 9.78. The minimum atomic E-state index is -9.00. The number of hydrogen-bond donors (Lipinski definition) is 4. The van der Waals surface area contributed by atoms with Gasteiger partial charge in [0.1, 0.15) is 0 Å². The second kappa shape index (κ2) is 7.82. The van der Waals surface area contributed by atoms with E-state index < -0.39 is 62.0 Å². The minimum absolute atomic E-state index is 1.38. The van der Waals surface area contributed by atoms with Gasteiger partial charge in [-0.1, -0.05) is 0 Å². The molecule has 4 N–H and O–H groups in total. The molecule has 7 nitrogen and oxygen atoms in total. The van der Waals surface area contributed by atoms with Crippen LogP contribution in [0.3, 0.4) is 0 Å². The van der Waals surface area contributed by atoms with Crippen molar-refractivity contribution in [3.05, 3.63) is 0 Å². The summed E-state index contributed by atoms with van der Waals surface area (Å²) in [6.45, 7) is 0. The van der Waals surface area contributed by atoms with Crippen LogP contribution in [0.15, 0.2) is 0 Å². The van der Waals surface area contributed by atoms with Crippen LogP contribution in [0.4, 0.5) is 70.4 Å². The highest BCUT2D eigenvalue weighted by atomic mass is 31.2. The first-order valence-electron chi connectivity index (χ1n) is 6.56. The molecule has 0 aliphatic carbocycles. The Morgan fingerprint density at radius 3 is 0.848 bits per heavy atom. The van der Waals surface area contributed by atoms with Crippen molar-refractivity contribution >= 4 is 15.2 Å². The second-order valence-electron chi connectivity index (χ2n) is 5.72. The van der Waals surface area contributed by atoms with Gasteiger partial charge >= 0.3 is 62.0 Å². The van der Waals surface area contributed by atoms with Gasteiger partial charge in [0.15, 0.2) is 0 Å². The van der Waals surface area contributed by atoms with Crippen LogP contribution in [0.2, 0.25) is 0 Å². The third-order valence-electron chi connectivity index (χ3n) is 3.63. The van der Waals surface area contributed by atoms with Gasteiger partial charge in [-0.05, 0) is 4.53 Å². The molecule has 0 fully saturated rings. The van der Waals surface area contributed by atoms with E-state index in [1.165, 1.54) is 4.94 Å². The molecule has 0 aliphatic rings. The Balaban J connectivity index is 7.41. The Morgan fingerprint density at radius 1 is 0.455 bits per heavy atom. The Morgan fingerprint density at radius 2 is 0.667 bits per heavy atom. The molecule has 0 rings (SSSR count). The van der Waals surface area contributed by atoms with E-state index in [4.69, 9.17) is 19.6 Å². The van der Waals surface area contributed by atoms with Gasteiger partial charge in [0, 0.05) is 0 Å². The normalized spacial score (nSPS) is 16.8. The number of halogens is 16. The van der Waals surface area contributed by atoms with E-state index in [2.05, 4.69) is 0 Å². The smallest absolute Gasteiger partial charge is 0.322 e. The molecule has 0 amide bonds. The first-order chi connectivity index (χ1) is 13.8. The zero-order chi connectivity index (χ0) is 27.7. The predicted octanol–water partition coefficient (Wildman–Crippen LogP) is 4.27. The van der Waals surface area contributed by atoms with Gasteiger partial charge in [-0.3, -0.25) is 9.13 Å². The molecule has 0 aliphatic heterocycles. The van der Waals surface area contributed by atoms with Gasteiger partial charge in [-0.2, -0.15) is 70.8 Å². The van der Waals surface area contributed by atoms with E-state index in [0.717, 1.165) is 0 Å². The molecule has 0 atom stereocenters. The lowest BCUT2D eigenvalue weighted by Gasteiger charge is -2.45. The summed E-state index contributed by atoms with van der Waals surface area (Å²) in [6, 6.07) is 0. The third kappa shape index (κ3) is 3.83. The fourth-order valence-electron chi connectivity index (χ4n) is 1.85. The molecule has 0 heterocycles. The van der Waals surface area contributed by atoms with Gasteiger partial charge in [-0.15, -0.1) is 0 Å². The fraction of sp³-hybridized carbons (Fsp3) is 1.00. The van der Waals surface area contributed by atoms with Crippen molar-refractivity contribution in [2.24, 2.45) is 0 Å². The van der Waals surface area contributed by atoms with Crippen LogP contribution in [-0.2, 0) is 14.1 Å². The monoisotopic (exact) mass is 578 g/mol. The summed E-state index contributed by atoms with van der Waals surface area (Å²) in [4.78, 5) is 35.1. The summed E-state index contributed by atoms with van der Waals surface area (Å²) in [5.74, 6) is -52.4. The maximum absolute atomic E-state index is 13.9. The van der Waals surface area contributed by atoms with Crippen LogP contribution in [0, 0.1) is 0 Å². The Bertz CT molecular complexity index is 818. The van der Waals surface area contributed by atoms with E-state index in [1.807, 2.05) is 0 Å². The van der Waals surface area contributed by atoms with Crippen molar-refractivity contribution in [2.45, 2.75) is 46.8 Å². The van der Waals surface area contributed by atoms with E-state index in [9.17, 15) is 79.5 Å². The van der Waals surface area contributed by atoms with Crippen LogP contribution in [0.25, 0.3) is 0 Å². The van der Waals surface area contributed by atoms with Crippen LogP contribution in [0.1, 0.15) is 0 Å². The van der Waals surface area contributed by atoms with E-state index in [-0.39, 0.29) is 0 Å². The Labute approximate surface area is 167 Å². The third-order valence-corrected chi connectivity index (χ3v) is 7.48. The molecular formula is C8H4F16O7P2. The molecule has 25 heteroatoms. The zero-order valence-electron chi connectivity index (χ0n) is 14.0. The zero-order valence-corrected chi connectivity index (χ0v) is 15.7. The summed E-state index contributed by atoms with van der Waals surface area (Å²) in [6.07, 6.45) is -7.95. The Hall–Kier alpha value is -0.860. The average Bonchev–Trinajstić information content (AvgIpc) is 2.50. The highest BCUT2D eigenvalue weighted by Crippen LogP contribution is 2.78. The summed E-state index contributed by atoms with van der Waals surface area (Å²) >= 11 is 0. The Kier molecular flexibility index (Phi) is 7.62. The van der Waals surface area contributed by atoms with Gasteiger partial charge in [-0.25, -0.2) is 0 Å². The maximum Gasteiger partial charge on any atom is 0.460 e. The van der Waals surface area contributed by atoms with Crippen molar-refractivity contribution < 1.29 is 104 Å². The molecule has 200 valence electrons. The highest BCUT2D eigenvalue weighted by molar-refractivity contribution is 7.72. The number of rotatable bonds is 9. The van der Waals surface area contributed by atoms with Gasteiger partial charge < -0.3 is 19.6 Å². The molecule has 0 spiro atoms. The predicted molar refractivity (Wildman–Crippen MR) is 64.7 cm³/mol. The van der Waals surface area contributed by atoms with Crippen molar-refractivity contribution in [1.29, 1.82) is 0 Å².